The minimum Gasteiger partial charge on any atom is -0.373 e. The third-order valence-electron chi connectivity index (χ3n) is 3.52. The number of nitrogens with zero attached hydrogens (tertiary/aromatic N) is 1. The van der Waals surface area contributed by atoms with Crippen LogP contribution in [-0.4, -0.2) is 24.5 Å². The van der Waals surface area contributed by atoms with Crippen LogP contribution < -0.4 is 10.6 Å². The van der Waals surface area contributed by atoms with E-state index in [1.165, 1.54) is 0 Å². The van der Waals surface area contributed by atoms with Crippen LogP contribution in [0.5, 0.6) is 0 Å². The Bertz CT molecular complexity index is 452. The molecule has 1 amide bonds. The van der Waals surface area contributed by atoms with Crippen LogP contribution in [0.2, 0.25) is 5.15 Å². The molecule has 0 radical (unpaired) electrons. The molecule has 5 heteroatoms. The summed E-state index contributed by atoms with van der Waals surface area (Å²) in [6.07, 6.45) is 0. The minimum atomic E-state index is -0.114. The maximum absolute atomic E-state index is 12.2. The summed E-state index contributed by atoms with van der Waals surface area (Å²) < 4.78 is 0. The number of aromatic nitrogens is 1. The van der Waals surface area contributed by atoms with Gasteiger partial charge in [0, 0.05) is 19.2 Å². The van der Waals surface area contributed by atoms with Crippen molar-refractivity contribution in [2.45, 2.75) is 27.7 Å². The molecule has 0 saturated carbocycles. The van der Waals surface area contributed by atoms with Crippen LogP contribution in [0.25, 0.3) is 0 Å². The summed E-state index contributed by atoms with van der Waals surface area (Å²) in [4.78, 5) is 16.3. The van der Waals surface area contributed by atoms with Crippen molar-refractivity contribution < 1.29 is 4.79 Å². The van der Waals surface area contributed by atoms with Gasteiger partial charge in [-0.3, -0.25) is 4.79 Å². The van der Waals surface area contributed by atoms with Crippen molar-refractivity contribution in [3.8, 4) is 0 Å². The monoisotopic (exact) mass is 297 g/mol. The largest absolute Gasteiger partial charge is 0.373 e. The molecule has 112 valence electrons. The summed E-state index contributed by atoms with van der Waals surface area (Å²) in [5.41, 5.74) is 0.528. The zero-order chi connectivity index (χ0) is 15.3. The highest BCUT2D eigenvalue weighted by molar-refractivity contribution is 6.29. The lowest BCUT2D eigenvalue weighted by molar-refractivity contribution is 0.0937. The Morgan fingerprint density at radius 3 is 2.35 bits per heavy atom. The summed E-state index contributed by atoms with van der Waals surface area (Å²) in [6.45, 7) is 9.39. The number of rotatable bonds is 6. The fourth-order valence-electron chi connectivity index (χ4n) is 2.31. The lowest BCUT2D eigenvalue weighted by Gasteiger charge is -2.25. The quantitative estimate of drug-likeness (QED) is 0.791. The van der Waals surface area contributed by atoms with Crippen molar-refractivity contribution in [2.75, 3.05) is 18.9 Å². The molecule has 1 rings (SSSR count). The second-order valence-electron chi connectivity index (χ2n) is 5.68. The van der Waals surface area contributed by atoms with Gasteiger partial charge >= 0.3 is 0 Å². The normalized spacial score (nSPS) is 11.2. The Labute approximate surface area is 126 Å². The average molecular weight is 298 g/mol. The topological polar surface area (TPSA) is 54.0 Å². The zero-order valence-electron chi connectivity index (χ0n) is 12.8. The third kappa shape index (κ3) is 4.67. The van der Waals surface area contributed by atoms with E-state index in [9.17, 15) is 4.79 Å². The summed E-state index contributed by atoms with van der Waals surface area (Å²) in [6, 6.07) is 3.28. The van der Waals surface area contributed by atoms with E-state index in [0.29, 0.717) is 40.8 Å². The fraction of sp³-hybridized carbons (Fsp3) is 0.600. The average Bonchev–Trinajstić information content (AvgIpc) is 2.37. The van der Waals surface area contributed by atoms with Crippen molar-refractivity contribution >= 4 is 23.3 Å². The maximum Gasteiger partial charge on any atom is 0.251 e. The van der Waals surface area contributed by atoms with Crippen LogP contribution in [0.4, 0.5) is 5.82 Å². The van der Waals surface area contributed by atoms with E-state index in [0.717, 1.165) is 0 Å². The van der Waals surface area contributed by atoms with Crippen LogP contribution in [0.1, 0.15) is 38.1 Å². The van der Waals surface area contributed by atoms with Gasteiger partial charge in [0.05, 0.1) is 0 Å². The van der Waals surface area contributed by atoms with Crippen LogP contribution in [-0.2, 0) is 0 Å². The second-order valence-corrected chi connectivity index (χ2v) is 6.06. The fourth-order valence-corrected chi connectivity index (χ4v) is 2.52. The predicted molar refractivity (Wildman–Crippen MR) is 84.3 cm³/mol. The summed E-state index contributed by atoms with van der Waals surface area (Å²) in [7, 11) is 1.74. The van der Waals surface area contributed by atoms with Gasteiger partial charge in [-0.25, -0.2) is 4.98 Å². The smallest absolute Gasteiger partial charge is 0.251 e. The van der Waals surface area contributed by atoms with Crippen LogP contribution >= 0.6 is 11.6 Å². The Morgan fingerprint density at radius 1 is 1.25 bits per heavy atom. The molecular formula is C15H24ClN3O. The lowest BCUT2D eigenvalue weighted by Crippen LogP contribution is -2.34. The van der Waals surface area contributed by atoms with E-state index in [-0.39, 0.29) is 5.91 Å². The molecule has 1 aromatic heterocycles. The Kier molecular flexibility index (Phi) is 6.27. The van der Waals surface area contributed by atoms with Gasteiger partial charge in [-0.05, 0) is 29.9 Å². The van der Waals surface area contributed by atoms with Crippen molar-refractivity contribution in [2.24, 2.45) is 17.8 Å². The van der Waals surface area contributed by atoms with Gasteiger partial charge in [-0.2, -0.15) is 0 Å². The molecule has 4 nitrogen and oxygen atoms in total. The molecule has 20 heavy (non-hydrogen) atoms. The van der Waals surface area contributed by atoms with E-state index < -0.39 is 0 Å². The number of amides is 1. The Morgan fingerprint density at radius 2 is 1.85 bits per heavy atom. The highest BCUT2D eigenvalue weighted by Gasteiger charge is 2.19. The SMILES string of the molecule is CNc1cc(C(=O)NCC(C(C)C)C(C)C)cc(Cl)n1. The molecule has 0 saturated heterocycles. The highest BCUT2D eigenvalue weighted by Crippen LogP contribution is 2.20. The molecule has 0 aromatic carbocycles. The van der Waals surface area contributed by atoms with E-state index >= 15 is 0 Å². The summed E-state index contributed by atoms with van der Waals surface area (Å²) in [5.74, 6) is 2.00. The van der Waals surface area contributed by atoms with Crippen molar-refractivity contribution in [3.63, 3.8) is 0 Å². The molecule has 0 atom stereocenters. The predicted octanol–water partition coefficient (Wildman–Crippen LogP) is 3.43. The number of hydrogen-bond donors (Lipinski definition) is 2. The number of hydrogen-bond acceptors (Lipinski definition) is 3. The molecule has 0 fully saturated rings. The van der Waals surface area contributed by atoms with Crippen LogP contribution in [0, 0.1) is 17.8 Å². The van der Waals surface area contributed by atoms with Crippen LogP contribution in [0.3, 0.4) is 0 Å². The van der Waals surface area contributed by atoms with Gasteiger partial charge in [0.1, 0.15) is 11.0 Å². The lowest BCUT2D eigenvalue weighted by atomic mass is 9.85. The molecule has 1 aromatic rings. The van der Waals surface area contributed by atoms with E-state index in [4.69, 9.17) is 11.6 Å². The van der Waals surface area contributed by atoms with Crippen molar-refractivity contribution in [1.29, 1.82) is 0 Å². The van der Waals surface area contributed by atoms with E-state index in [1.807, 2.05) is 0 Å². The Balaban J connectivity index is 2.74. The van der Waals surface area contributed by atoms with Crippen LogP contribution in [0.15, 0.2) is 12.1 Å². The molecule has 0 aliphatic heterocycles. The van der Waals surface area contributed by atoms with Gasteiger partial charge in [-0.15, -0.1) is 0 Å². The zero-order valence-corrected chi connectivity index (χ0v) is 13.6. The molecule has 2 N–H and O–H groups in total. The molecule has 0 aliphatic rings. The summed E-state index contributed by atoms with van der Waals surface area (Å²) >= 11 is 5.91. The summed E-state index contributed by atoms with van der Waals surface area (Å²) in [5, 5.41) is 6.19. The molecule has 0 aliphatic carbocycles. The van der Waals surface area contributed by atoms with Gasteiger partial charge in [0.15, 0.2) is 0 Å². The maximum atomic E-state index is 12.2. The highest BCUT2D eigenvalue weighted by atomic mass is 35.5. The number of nitrogens with one attached hydrogen (secondary N) is 2. The molecule has 0 bridgehead atoms. The number of anilines is 1. The van der Waals surface area contributed by atoms with Crippen molar-refractivity contribution in [3.05, 3.63) is 22.8 Å². The first kappa shape index (κ1) is 16.8. The second kappa shape index (κ2) is 7.48. The van der Waals surface area contributed by atoms with E-state index in [2.05, 4.69) is 43.3 Å². The van der Waals surface area contributed by atoms with E-state index in [1.54, 1.807) is 19.2 Å². The Hall–Kier alpha value is -1.29. The van der Waals surface area contributed by atoms with Gasteiger partial charge in [-0.1, -0.05) is 39.3 Å². The molecule has 0 unspecified atom stereocenters. The van der Waals surface area contributed by atoms with Gasteiger partial charge in [0.25, 0.3) is 5.91 Å². The number of halogens is 1. The molecule has 1 heterocycles. The standard InChI is InChI=1S/C15H24ClN3O/c1-9(2)12(10(3)4)8-18-15(20)11-6-13(16)19-14(7-11)17-5/h6-7,9-10,12H,8H2,1-5H3,(H,17,19)(H,18,20). The minimum absolute atomic E-state index is 0.114. The third-order valence-corrected chi connectivity index (χ3v) is 3.72. The first-order valence-corrected chi connectivity index (χ1v) is 7.36. The van der Waals surface area contributed by atoms with Gasteiger partial charge < -0.3 is 10.6 Å². The number of pyridine rings is 1. The van der Waals surface area contributed by atoms with Gasteiger partial charge in [0.2, 0.25) is 0 Å². The molecule has 0 spiro atoms. The first-order valence-electron chi connectivity index (χ1n) is 6.98. The molecular weight excluding hydrogens is 274 g/mol. The first-order chi connectivity index (χ1) is 9.35. The number of carbonyl (C=O) groups excluding carboxylic acids is 1. The van der Waals surface area contributed by atoms with Crippen molar-refractivity contribution in [1.82, 2.24) is 10.3 Å². The number of carbonyl (C=O) groups is 1.